The molecule has 0 fully saturated rings. The Morgan fingerprint density at radius 2 is 1.86 bits per heavy atom. The Bertz CT molecular complexity index is 51.4. The Morgan fingerprint density at radius 3 is 1.86 bits per heavy atom. The molecule has 0 heterocycles. The fraction of sp³-hybridized carbons (Fsp3) is 1.00. The van der Waals surface area contributed by atoms with E-state index in [0.717, 1.165) is 0 Å². The predicted octanol–water partition coefficient (Wildman–Crippen LogP) is 2.55. The molecule has 0 spiro atoms. The van der Waals surface area contributed by atoms with Gasteiger partial charge in [-0.05, 0) is 0 Å². The van der Waals surface area contributed by atoms with Gasteiger partial charge in [0.2, 0.25) is 0 Å². The van der Waals surface area contributed by atoms with Crippen molar-refractivity contribution in [1.29, 1.82) is 0 Å². The van der Waals surface area contributed by atoms with Crippen LogP contribution >= 0.6 is 25.5 Å². The third kappa shape index (κ3) is 7.71. The molecule has 0 aliphatic rings. The van der Waals surface area contributed by atoms with Crippen molar-refractivity contribution in [3.05, 3.63) is 0 Å². The standard InChI is InChI=1S/C2H5O.3ClH.Zr/c1-2-3;;;;/h2H2,1H3;3*1H;/q-1;;;;+4/p-3. The van der Waals surface area contributed by atoms with Crippen LogP contribution in [-0.4, -0.2) is 6.61 Å². The van der Waals surface area contributed by atoms with E-state index in [2.05, 4.69) is 0 Å². The van der Waals surface area contributed by atoms with Gasteiger partial charge in [-0.2, -0.15) is 0 Å². The Labute approximate surface area is 58.6 Å². The van der Waals surface area contributed by atoms with E-state index >= 15 is 0 Å². The average molecular weight is 243 g/mol. The number of rotatable bonds is 2. The number of halogens is 3. The summed E-state index contributed by atoms with van der Waals surface area (Å²) < 4.78 is 4.74. The summed E-state index contributed by atoms with van der Waals surface area (Å²) in [4.78, 5) is 0. The molecule has 0 aromatic rings. The van der Waals surface area contributed by atoms with E-state index in [9.17, 15) is 0 Å². The second-order valence-corrected chi connectivity index (χ2v) is 16.7. The molecular formula is C2H5Cl3OZr. The molecule has 5 heteroatoms. The van der Waals surface area contributed by atoms with E-state index in [1.54, 1.807) is 6.92 Å². The zero-order chi connectivity index (χ0) is 5.91. The topological polar surface area (TPSA) is 9.23 Å². The Kier molecular flexibility index (Phi) is 4.59. The first-order chi connectivity index (χ1) is 3.06. The van der Waals surface area contributed by atoms with Gasteiger partial charge in [0, 0.05) is 0 Å². The third-order valence-electron chi connectivity index (χ3n) is 0.308. The van der Waals surface area contributed by atoms with Crippen molar-refractivity contribution in [3.63, 3.8) is 0 Å². The Hall–Kier alpha value is 1.71. The zero-order valence-corrected chi connectivity index (χ0v) is 8.48. The maximum atomic E-state index is 5.35. The van der Waals surface area contributed by atoms with Gasteiger partial charge in [0.1, 0.15) is 0 Å². The van der Waals surface area contributed by atoms with Gasteiger partial charge < -0.3 is 0 Å². The minimum absolute atomic E-state index is 0.507. The van der Waals surface area contributed by atoms with Gasteiger partial charge in [0.15, 0.2) is 0 Å². The quantitative estimate of drug-likeness (QED) is 0.723. The van der Waals surface area contributed by atoms with Crippen LogP contribution in [0.2, 0.25) is 0 Å². The van der Waals surface area contributed by atoms with Crippen molar-refractivity contribution in [3.8, 4) is 0 Å². The first-order valence-corrected chi connectivity index (χ1v) is 12.3. The SMILES string of the molecule is CC[O][Zr]([Cl])([Cl])[Cl]. The first-order valence-electron chi connectivity index (χ1n) is 1.77. The molecular weight excluding hydrogens is 238 g/mol. The summed E-state index contributed by atoms with van der Waals surface area (Å²) in [7, 11) is 16.1. The van der Waals surface area contributed by atoms with Crippen LogP contribution in [0.25, 0.3) is 0 Å². The van der Waals surface area contributed by atoms with Crippen molar-refractivity contribution in [2.75, 3.05) is 6.61 Å². The van der Waals surface area contributed by atoms with Crippen molar-refractivity contribution >= 4 is 25.5 Å². The molecule has 0 radical (unpaired) electrons. The molecule has 0 unspecified atom stereocenters. The van der Waals surface area contributed by atoms with Crippen LogP contribution in [0.5, 0.6) is 0 Å². The van der Waals surface area contributed by atoms with Crippen molar-refractivity contribution in [2.24, 2.45) is 0 Å². The molecule has 0 aromatic heterocycles. The van der Waals surface area contributed by atoms with Crippen LogP contribution < -0.4 is 0 Å². The maximum absolute atomic E-state index is 5.35. The van der Waals surface area contributed by atoms with E-state index in [0.29, 0.717) is 6.61 Å². The normalized spacial score (nSPS) is 12.0. The van der Waals surface area contributed by atoms with Crippen molar-refractivity contribution in [2.45, 2.75) is 6.92 Å². The molecule has 0 aromatic carbocycles. The summed E-state index contributed by atoms with van der Waals surface area (Å²) in [5.74, 6) is 0. The molecule has 1 nitrogen and oxygen atoms in total. The summed E-state index contributed by atoms with van der Waals surface area (Å²) in [6.07, 6.45) is 0. The monoisotopic (exact) mass is 240 g/mol. The molecule has 7 heavy (non-hydrogen) atoms. The average Bonchev–Trinajstić information content (AvgIpc) is 1.30. The van der Waals surface area contributed by atoms with Crippen molar-refractivity contribution < 1.29 is 19.9 Å². The van der Waals surface area contributed by atoms with Gasteiger partial charge in [0.05, 0.1) is 0 Å². The number of hydrogen-bond donors (Lipinski definition) is 0. The van der Waals surface area contributed by atoms with Gasteiger partial charge in [-0.25, -0.2) is 0 Å². The zero-order valence-electron chi connectivity index (χ0n) is 3.75. The first kappa shape index (κ1) is 8.71. The summed E-state index contributed by atoms with van der Waals surface area (Å²) in [5, 5.41) is 0. The van der Waals surface area contributed by atoms with Gasteiger partial charge in [-0.1, -0.05) is 0 Å². The molecule has 0 saturated heterocycles. The molecule has 0 saturated carbocycles. The molecule has 0 atom stereocenters. The van der Waals surface area contributed by atoms with Crippen molar-refractivity contribution in [1.82, 2.24) is 0 Å². The van der Waals surface area contributed by atoms with E-state index in [1.165, 1.54) is 0 Å². The van der Waals surface area contributed by atoms with Crippen LogP contribution in [0.15, 0.2) is 0 Å². The summed E-state index contributed by atoms with van der Waals surface area (Å²) in [5.41, 5.74) is 0. The van der Waals surface area contributed by atoms with Crippen LogP contribution in [0.4, 0.5) is 0 Å². The third-order valence-corrected chi connectivity index (χ3v) is 3.76. The molecule has 0 bridgehead atoms. The fourth-order valence-electron chi connectivity index (χ4n) is 0.164. The minimum atomic E-state index is -3.36. The second-order valence-electron chi connectivity index (χ2n) is 0.879. The van der Waals surface area contributed by atoms with E-state index in [1.807, 2.05) is 0 Å². The van der Waals surface area contributed by atoms with Gasteiger partial charge >= 0.3 is 59.0 Å². The van der Waals surface area contributed by atoms with E-state index < -0.39 is 17.1 Å². The summed E-state index contributed by atoms with van der Waals surface area (Å²) in [6, 6.07) is 0. The van der Waals surface area contributed by atoms with E-state index in [4.69, 9.17) is 28.4 Å². The van der Waals surface area contributed by atoms with E-state index in [-0.39, 0.29) is 0 Å². The molecule has 0 aliphatic heterocycles. The fourth-order valence-corrected chi connectivity index (χ4v) is 2.90. The van der Waals surface area contributed by atoms with Gasteiger partial charge in [0.25, 0.3) is 0 Å². The molecule has 0 amide bonds. The Morgan fingerprint density at radius 1 is 1.43 bits per heavy atom. The molecule has 0 rings (SSSR count). The van der Waals surface area contributed by atoms with Crippen LogP contribution in [0.1, 0.15) is 6.92 Å². The molecule has 0 N–H and O–H groups in total. The van der Waals surface area contributed by atoms with Crippen LogP contribution in [-0.2, 0) is 19.9 Å². The Balaban J connectivity index is 3.15. The van der Waals surface area contributed by atoms with Gasteiger partial charge in [-0.3, -0.25) is 0 Å². The van der Waals surface area contributed by atoms with Crippen LogP contribution in [0.3, 0.4) is 0 Å². The second kappa shape index (κ2) is 3.68. The van der Waals surface area contributed by atoms with Gasteiger partial charge in [-0.15, -0.1) is 0 Å². The summed E-state index contributed by atoms with van der Waals surface area (Å²) >= 11 is -3.36. The van der Waals surface area contributed by atoms with Crippen LogP contribution in [0, 0.1) is 0 Å². The number of hydrogen-bond acceptors (Lipinski definition) is 1. The summed E-state index contributed by atoms with van der Waals surface area (Å²) in [6.45, 7) is 2.31. The molecule has 0 aliphatic carbocycles. The predicted molar refractivity (Wildman–Crippen MR) is 29.2 cm³/mol. The molecule has 44 valence electrons.